The highest BCUT2D eigenvalue weighted by molar-refractivity contribution is 5.47. The monoisotopic (exact) mass is 399 g/mol. The van der Waals surface area contributed by atoms with Crippen LogP contribution in [-0.2, 0) is 28.9 Å². The third kappa shape index (κ3) is 5.28. The Kier molecular flexibility index (Phi) is 7.50. The molecule has 1 aliphatic heterocycles. The number of ether oxygens (including phenoxy) is 4. The molecular weight excluding hydrogens is 370 g/mol. The largest absolute Gasteiger partial charge is 0.497 e. The highest BCUT2D eigenvalue weighted by Crippen LogP contribution is 2.33. The number of aromatic nitrogens is 2. The minimum absolute atomic E-state index is 0.105. The summed E-state index contributed by atoms with van der Waals surface area (Å²) in [5.74, 6) is 1.90. The van der Waals surface area contributed by atoms with E-state index in [1.54, 1.807) is 25.3 Å². The fourth-order valence-electron chi connectivity index (χ4n) is 3.46. The second-order valence-electron chi connectivity index (χ2n) is 6.93. The van der Waals surface area contributed by atoms with Gasteiger partial charge in [0.15, 0.2) is 12.0 Å². The fourth-order valence-corrected chi connectivity index (χ4v) is 3.46. The Morgan fingerprint density at radius 3 is 2.69 bits per heavy atom. The van der Waals surface area contributed by atoms with Crippen molar-refractivity contribution < 1.29 is 18.9 Å². The molecule has 1 aromatic carbocycles. The number of hydrogen-bond donors (Lipinski definition) is 0. The summed E-state index contributed by atoms with van der Waals surface area (Å²) in [5, 5.41) is 14.0. The first kappa shape index (κ1) is 21.2. The molecule has 0 radical (unpaired) electrons. The van der Waals surface area contributed by atoms with Crippen molar-refractivity contribution in [3.05, 3.63) is 35.2 Å². The van der Waals surface area contributed by atoms with Gasteiger partial charge in [0.05, 0.1) is 37.6 Å². The lowest BCUT2D eigenvalue weighted by Crippen LogP contribution is -2.24. The van der Waals surface area contributed by atoms with Crippen LogP contribution in [0.2, 0.25) is 0 Å². The van der Waals surface area contributed by atoms with E-state index in [0.29, 0.717) is 30.2 Å². The SMILES string of the molecule is CCc1nn(CCOC2CCCCO2)c(CC)c1Oc1cc(C#N)cc(OC)c1. The van der Waals surface area contributed by atoms with Gasteiger partial charge in [-0.15, -0.1) is 0 Å². The number of nitriles is 1. The standard InChI is InChI=1S/C22H29N3O4/c1-4-19-22(29-18-13-16(15-23)12-17(14-18)26-3)20(5-2)25(24-19)9-11-28-21-8-6-7-10-27-21/h12-14,21H,4-11H2,1-3H3. The van der Waals surface area contributed by atoms with Crippen LogP contribution in [0.5, 0.6) is 17.2 Å². The van der Waals surface area contributed by atoms with Crippen molar-refractivity contribution in [3.63, 3.8) is 0 Å². The van der Waals surface area contributed by atoms with Crippen molar-refractivity contribution in [3.8, 4) is 23.3 Å². The van der Waals surface area contributed by atoms with E-state index in [0.717, 1.165) is 55.8 Å². The van der Waals surface area contributed by atoms with Gasteiger partial charge in [-0.2, -0.15) is 10.4 Å². The van der Waals surface area contributed by atoms with E-state index in [4.69, 9.17) is 24.0 Å². The minimum atomic E-state index is -0.105. The molecule has 2 heterocycles. The molecule has 0 amide bonds. The molecule has 29 heavy (non-hydrogen) atoms. The summed E-state index contributed by atoms with van der Waals surface area (Å²) in [7, 11) is 1.57. The van der Waals surface area contributed by atoms with Crippen LogP contribution in [0.3, 0.4) is 0 Å². The maximum Gasteiger partial charge on any atom is 0.171 e. The number of hydrogen-bond acceptors (Lipinski definition) is 6. The predicted octanol–water partition coefficient (Wildman–Crippen LogP) is 4.22. The lowest BCUT2D eigenvalue weighted by molar-refractivity contribution is -0.163. The highest BCUT2D eigenvalue weighted by Gasteiger charge is 2.19. The van der Waals surface area contributed by atoms with Crippen LogP contribution in [0.1, 0.15) is 50.1 Å². The molecule has 1 unspecified atom stereocenters. The van der Waals surface area contributed by atoms with Crippen molar-refractivity contribution in [2.24, 2.45) is 0 Å². The Labute approximate surface area is 172 Å². The van der Waals surface area contributed by atoms with Crippen LogP contribution >= 0.6 is 0 Å². The van der Waals surface area contributed by atoms with Crippen molar-refractivity contribution in [1.29, 1.82) is 5.26 Å². The van der Waals surface area contributed by atoms with Crippen LogP contribution in [0, 0.1) is 11.3 Å². The molecule has 0 N–H and O–H groups in total. The van der Waals surface area contributed by atoms with Crippen LogP contribution in [0.4, 0.5) is 0 Å². The Morgan fingerprint density at radius 2 is 2.03 bits per heavy atom. The molecule has 0 bridgehead atoms. The molecule has 1 aliphatic rings. The van der Waals surface area contributed by atoms with Gasteiger partial charge >= 0.3 is 0 Å². The maximum atomic E-state index is 9.26. The topological polar surface area (TPSA) is 78.5 Å². The first-order chi connectivity index (χ1) is 14.2. The van der Waals surface area contributed by atoms with Gasteiger partial charge in [-0.1, -0.05) is 13.8 Å². The zero-order valence-corrected chi connectivity index (χ0v) is 17.4. The fraction of sp³-hybridized carbons (Fsp3) is 0.545. The number of benzene rings is 1. The predicted molar refractivity (Wildman–Crippen MR) is 108 cm³/mol. The first-order valence-corrected chi connectivity index (χ1v) is 10.3. The summed E-state index contributed by atoms with van der Waals surface area (Å²) in [6.07, 6.45) is 4.62. The molecule has 1 aromatic heterocycles. The zero-order chi connectivity index (χ0) is 20.6. The molecule has 7 heteroatoms. The van der Waals surface area contributed by atoms with Crippen LogP contribution in [0.15, 0.2) is 18.2 Å². The van der Waals surface area contributed by atoms with E-state index in [9.17, 15) is 5.26 Å². The second-order valence-corrected chi connectivity index (χ2v) is 6.93. The van der Waals surface area contributed by atoms with Crippen molar-refractivity contribution in [2.45, 2.75) is 58.8 Å². The average Bonchev–Trinajstić information content (AvgIpc) is 3.10. The van der Waals surface area contributed by atoms with Gasteiger partial charge in [-0.05, 0) is 44.2 Å². The molecule has 1 atom stereocenters. The molecule has 0 spiro atoms. The third-order valence-electron chi connectivity index (χ3n) is 4.96. The molecule has 0 aliphatic carbocycles. The number of aryl methyl sites for hydroxylation is 1. The van der Waals surface area contributed by atoms with Gasteiger partial charge < -0.3 is 18.9 Å². The van der Waals surface area contributed by atoms with Crippen LogP contribution in [-0.4, -0.2) is 36.4 Å². The van der Waals surface area contributed by atoms with Gasteiger partial charge in [-0.25, -0.2) is 0 Å². The van der Waals surface area contributed by atoms with Crippen LogP contribution in [0.25, 0.3) is 0 Å². The Hall–Kier alpha value is -2.56. The highest BCUT2D eigenvalue weighted by atomic mass is 16.7. The number of rotatable bonds is 9. The lowest BCUT2D eigenvalue weighted by atomic mass is 10.2. The smallest absolute Gasteiger partial charge is 0.171 e. The molecule has 7 nitrogen and oxygen atoms in total. The lowest BCUT2D eigenvalue weighted by Gasteiger charge is -2.22. The van der Waals surface area contributed by atoms with E-state index in [1.807, 2.05) is 4.68 Å². The van der Waals surface area contributed by atoms with Crippen LogP contribution < -0.4 is 9.47 Å². The minimum Gasteiger partial charge on any atom is -0.497 e. The average molecular weight is 399 g/mol. The van der Waals surface area contributed by atoms with E-state index in [1.165, 1.54) is 0 Å². The number of methoxy groups -OCH3 is 1. The number of nitrogens with zero attached hydrogens (tertiary/aromatic N) is 3. The summed E-state index contributed by atoms with van der Waals surface area (Å²) in [5.41, 5.74) is 2.39. The van der Waals surface area contributed by atoms with Gasteiger partial charge in [0.25, 0.3) is 0 Å². The summed E-state index contributed by atoms with van der Waals surface area (Å²) in [4.78, 5) is 0. The van der Waals surface area contributed by atoms with E-state index in [-0.39, 0.29) is 6.29 Å². The molecule has 3 rings (SSSR count). The molecule has 1 saturated heterocycles. The summed E-state index contributed by atoms with van der Waals surface area (Å²) in [6, 6.07) is 7.31. The summed E-state index contributed by atoms with van der Waals surface area (Å²) < 4.78 is 25.0. The Balaban J connectivity index is 1.77. The van der Waals surface area contributed by atoms with E-state index < -0.39 is 0 Å². The molecule has 156 valence electrons. The molecular formula is C22H29N3O4. The first-order valence-electron chi connectivity index (χ1n) is 10.3. The zero-order valence-electron chi connectivity index (χ0n) is 17.4. The van der Waals surface area contributed by atoms with E-state index >= 15 is 0 Å². The third-order valence-corrected chi connectivity index (χ3v) is 4.96. The summed E-state index contributed by atoms with van der Waals surface area (Å²) in [6.45, 7) is 6.09. The van der Waals surface area contributed by atoms with Gasteiger partial charge in [-0.3, -0.25) is 4.68 Å². The molecule has 0 saturated carbocycles. The molecule has 1 fully saturated rings. The summed E-state index contributed by atoms with van der Waals surface area (Å²) >= 11 is 0. The van der Waals surface area contributed by atoms with Crippen molar-refractivity contribution in [2.75, 3.05) is 20.3 Å². The van der Waals surface area contributed by atoms with E-state index in [2.05, 4.69) is 19.9 Å². The van der Waals surface area contributed by atoms with Crippen molar-refractivity contribution >= 4 is 0 Å². The van der Waals surface area contributed by atoms with Gasteiger partial charge in [0.2, 0.25) is 0 Å². The Bertz CT molecular complexity index is 850. The Morgan fingerprint density at radius 1 is 1.21 bits per heavy atom. The quantitative estimate of drug-likeness (QED) is 0.628. The maximum absolute atomic E-state index is 9.26. The van der Waals surface area contributed by atoms with Gasteiger partial charge in [0.1, 0.15) is 17.2 Å². The second kappa shape index (κ2) is 10.3. The normalized spacial score (nSPS) is 16.4. The molecule has 2 aromatic rings. The van der Waals surface area contributed by atoms with Crippen molar-refractivity contribution in [1.82, 2.24) is 9.78 Å². The van der Waals surface area contributed by atoms with Gasteiger partial charge in [0, 0.05) is 12.7 Å².